The molecule has 21 heavy (non-hydrogen) atoms. The zero-order valence-corrected chi connectivity index (χ0v) is 13.9. The summed E-state index contributed by atoms with van der Waals surface area (Å²) in [5.74, 6) is 0.871. The van der Waals surface area contributed by atoms with Gasteiger partial charge in [0, 0.05) is 30.9 Å². The van der Waals surface area contributed by atoms with Crippen LogP contribution in [0.1, 0.15) is 19.4 Å². The quantitative estimate of drug-likeness (QED) is 0.743. The van der Waals surface area contributed by atoms with Crippen LogP contribution in [-0.4, -0.2) is 11.0 Å². The number of benzene rings is 1. The monoisotopic (exact) mass is 344 g/mol. The van der Waals surface area contributed by atoms with E-state index in [0.29, 0.717) is 32.7 Å². The second-order valence-electron chi connectivity index (χ2n) is 4.84. The summed E-state index contributed by atoms with van der Waals surface area (Å²) in [6.45, 7) is 4.95. The molecule has 0 saturated carbocycles. The Bertz CT molecular complexity index is 615. The molecular weight excluding hydrogens is 331 g/mol. The van der Waals surface area contributed by atoms with Crippen LogP contribution < -0.4 is 10.1 Å². The third kappa shape index (κ3) is 4.75. The van der Waals surface area contributed by atoms with E-state index in [9.17, 15) is 0 Å². The van der Waals surface area contributed by atoms with Crippen molar-refractivity contribution in [2.45, 2.75) is 26.4 Å². The molecule has 1 N–H and O–H groups in total. The number of ether oxygens (including phenoxy) is 1. The Labute approximate surface area is 139 Å². The third-order valence-corrected chi connectivity index (χ3v) is 3.72. The lowest BCUT2D eigenvalue weighted by atomic mass is 10.2. The van der Waals surface area contributed by atoms with Gasteiger partial charge in [-0.15, -0.1) is 0 Å². The Morgan fingerprint density at radius 1 is 1.10 bits per heavy atom. The van der Waals surface area contributed by atoms with Gasteiger partial charge in [-0.25, -0.2) is 4.98 Å². The van der Waals surface area contributed by atoms with Crippen molar-refractivity contribution < 1.29 is 4.74 Å². The summed E-state index contributed by atoms with van der Waals surface area (Å²) in [5.41, 5.74) is 1.08. The highest BCUT2D eigenvalue weighted by atomic mass is 35.5. The van der Waals surface area contributed by atoms with E-state index in [2.05, 4.69) is 24.1 Å². The van der Waals surface area contributed by atoms with Crippen LogP contribution in [0.5, 0.6) is 11.6 Å². The van der Waals surface area contributed by atoms with Gasteiger partial charge in [0.2, 0.25) is 5.88 Å². The molecule has 0 radical (unpaired) electrons. The van der Waals surface area contributed by atoms with Gasteiger partial charge in [-0.2, -0.15) is 0 Å². The zero-order chi connectivity index (χ0) is 15.4. The molecular formula is C15H15Cl3N2O. The zero-order valence-electron chi connectivity index (χ0n) is 11.7. The van der Waals surface area contributed by atoms with Crippen molar-refractivity contribution in [3.05, 3.63) is 51.1 Å². The number of hydrogen-bond donors (Lipinski definition) is 1. The molecule has 6 heteroatoms. The molecule has 0 aliphatic rings. The molecule has 1 aromatic carbocycles. The smallest absolute Gasteiger partial charge is 0.219 e. The van der Waals surface area contributed by atoms with Crippen LogP contribution in [0.2, 0.25) is 15.1 Å². The van der Waals surface area contributed by atoms with Gasteiger partial charge < -0.3 is 10.1 Å². The number of nitrogens with zero attached hydrogens (tertiary/aromatic N) is 1. The van der Waals surface area contributed by atoms with Crippen LogP contribution in [-0.2, 0) is 6.54 Å². The first-order valence-corrected chi connectivity index (χ1v) is 7.60. The van der Waals surface area contributed by atoms with Crippen molar-refractivity contribution in [3.63, 3.8) is 0 Å². The average Bonchev–Trinajstić information content (AvgIpc) is 2.44. The molecule has 2 rings (SSSR count). The summed E-state index contributed by atoms with van der Waals surface area (Å²) in [5, 5.41) is 4.47. The van der Waals surface area contributed by atoms with Gasteiger partial charge in [-0.3, -0.25) is 0 Å². The Kier molecular flexibility index (Phi) is 5.71. The Balaban J connectivity index is 2.08. The topological polar surface area (TPSA) is 34.1 Å². The Morgan fingerprint density at radius 2 is 1.81 bits per heavy atom. The average molecular weight is 346 g/mol. The van der Waals surface area contributed by atoms with E-state index in [1.54, 1.807) is 24.4 Å². The highest BCUT2D eigenvalue weighted by Gasteiger charge is 2.09. The first-order chi connectivity index (χ1) is 9.95. The van der Waals surface area contributed by atoms with Gasteiger partial charge in [0.05, 0.1) is 15.1 Å². The maximum Gasteiger partial charge on any atom is 0.219 e. The molecule has 1 aromatic heterocycles. The molecule has 0 unspecified atom stereocenters. The van der Waals surface area contributed by atoms with Crippen LogP contribution in [0.4, 0.5) is 0 Å². The molecule has 0 spiro atoms. The first kappa shape index (κ1) is 16.4. The van der Waals surface area contributed by atoms with Crippen LogP contribution in [0, 0.1) is 0 Å². The lowest BCUT2D eigenvalue weighted by molar-refractivity contribution is 0.462. The molecule has 0 fully saturated rings. The molecule has 0 atom stereocenters. The second-order valence-corrected chi connectivity index (χ2v) is 6.06. The summed E-state index contributed by atoms with van der Waals surface area (Å²) < 4.78 is 5.62. The molecule has 2 aromatic rings. The fourth-order valence-electron chi connectivity index (χ4n) is 1.59. The van der Waals surface area contributed by atoms with Crippen LogP contribution in [0.15, 0.2) is 30.5 Å². The summed E-state index contributed by atoms with van der Waals surface area (Å²) in [6, 6.07) is 7.28. The highest BCUT2D eigenvalue weighted by molar-refractivity contribution is 6.43. The van der Waals surface area contributed by atoms with Crippen molar-refractivity contribution in [2.24, 2.45) is 0 Å². The molecule has 0 aliphatic carbocycles. The molecule has 0 bridgehead atoms. The van der Waals surface area contributed by atoms with Gasteiger partial charge in [0.25, 0.3) is 0 Å². The van der Waals surface area contributed by atoms with E-state index in [0.717, 1.165) is 12.1 Å². The van der Waals surface area contributed by atoms with Gasteiger partial charge in [-0.1, -0.05) is 54.7 Å². The molecule has 112 valence electrons. The van der Waals surface area contributed by atoms with Crippen molar-refractivity contribution in [2.75, 3.05) is 0 Å². The second kappa shape index (κ2) is 7.32. The maximum absolute atomic E-state index is 6.06. The van der Waals surface area contributed by atoms with E-state index in [1.807, 2.05) is 6.07 Å². The third-order valence-electron chi connectivity index (χ3n) is 2.70. The van der Waals surface area contributed by atoms with Gasteiger partial charge in [0.1, 0.15) is 5.75 Å². The predicted molar refractivity (Wildman–Crippen MR) is 87.8 cm³/mol. The van der Waals surface area contributed by atoms with E-state index in [4.69, 9.17) is 39.5 Å². The summed E-state index contributed by atoms with van der Waals surface area (Å²) in [7, 11) is 0. The van der Waals surface area contributed by atoms with Crippen molar-refractivity contribution in [3.8, 4) is 11.6 Å². The van der Waals surface area contributed by atoms with Gasteiger partial charge >= 0.3 is 0 Å². The first-order valence-electron chi connectivity index (χ1n) is 6.46. The standard InChI is InChI=1S/C15H15Cl3N2O/c1-9(2)19-7-10-3-4-15(20-8-10)21-14-6-12(17)11(16)5-13(14)18/h3-6,8-9,19H,7H2,1-2H3. The molecule has 0 amide bonds. The summed E-state index contributed by atoms with van der Waals surface area (Å²) in [6.07, 6.45) is 1.76. The molecule has 0 aliphatic heterocycles. The Morgan fingerprint density at radius 3 is 2.43 bits per heavy atom. The summed E-state index contributed by atoms with van der Waals surface area (Å²) >= 11 is 17.9. The van der Waals surface area contributed by atoms with Crippen LogP contribution in [0.25, 0.3) is 0 Å². The largest absolute Gasteiger partial charge is 0.437 e. The van der Waals surface area contributed by atoms with Crippen LogP contribution >= 0.6 is 34.8 Å². The van der Waals surface area contributed by atoms with Crippen molar-refractivity contribution in [1.82, 2.24) is 10.3 Å². The van der Waals surface area contributed by atoms with E-state index < -0.39 is 0 Å². The minimum Gasteiger partial charge on any atom is -0.437 e. The number of halogens is 3. The minimum absolute atomic E-state index is 0.383. The number of aromatic nitrogens is 1. The Hall–Kier alpha value is -1.000. The summed E-state index contributed by atoms with van der Waals surface area (Å²) in [4.78, 5) is 4.25. The van der Waals surface area contributed by atoms with E-state index in [1.165, 1.54) is 0 Å². The fourth-order valence-corrected chi connectivity index (χ4v) is 2.17. The van der Waals surface area contributed by atoms with Crippen LogP contribution in [0.3, 0.4) is 0 Å². The lowest BCUT2D eigenvalue weighted by Gasteiger charge is -2.10. The van der Waals surface area contributed by atoms with E-state index >= 15 is 0 Å². The maximum atomic E-state index is 6.06. The number of hydrogen-bond acceptors (Lipinski definition) is 3. The molecule has 1 heterocycles. The fraction of sp³-hybridized carbons (Fsp3) is 0.267. The predicted octanol–water partition coefficient (Wildman–Crippen LogP) is 5.33. The molecule has 3 nitrogen and oxygen atoms in total. The van der Waals surface area contributed by atoms with Gasteiger partial charge in [-0.05, 0) is 11.6 Å². The number of rotatable bonds is 5. The highest BCUT2D eigenvalue weighted by Crippen LogP contribution is 2.35. The minimum atomic E-state index is 0.383. The normalized spacial score (nSPS) is 11.0. The molecule has 0 saturated heterocycles. The number of nitrogens with one attached hydrogen (secondary N) is 1. The number of pyridine rings is 1. The van der Waals surface area contributed by atoms with E-state index in [-0.39, 0.29) is 0 Å². The lowest BCUT2D eigenvalue weighted by Crippen LogP contribution is -2.21. The van der Waals surface area contributed by atoms with Crippen molar-refractivity contribution in [1.29, 1.82) is 0 Å². The SMILES string of the molecule is CC(C)NCc1ccc(Oc2cc(Cl)c(Cl)cc2Cl)nc1. The van der Waals surface area contributed by atoms with Crippen molar-refractivity contribution >= 4 is 34.8 Å². The van der Waals surface area contributed by atoms with Gasteiger partial charge in [0.15, 0.2) is 0 Å².